The van der Waals surface area contributed by atoms with Crippen LogP contribution in [-0.4, -0.2) is 25.2 Å². The first kappa shape index (κ1) is 15.7. The van der Waals surface area contributed by atoms with E-state index in [0.29, 0.717) is 25.0 Å². The van der Waals surface area contributed by atoms with Gasteiger partial charge in [0.1, 0.15) is 13.2 Å². The number of carbonyl (C=O) groups excluding carboxylic acids is 2. The number of hydrogen-bond donors (Lipinski definition) is 0. The lowest BCUT2D eigenvalue weighted by atomic mass is 9.54. The number of fused-ring (bicyclic) bond motifs is 2. The SMILES string of the molecule is C[C@@H]1CCC2=C(C(=O)OC2)[C@H]2C=C[C@@H]2[C@@]1(C)CCC1=CCOC1=O. The van der Waals surface area contributed by atoms with Crippen LogP contribution < -0.4 is 0 Å². The molecule has 4 atom stereocenters. The zero-order valence-corrected chi connectivity index (χ0v) is 14.3. The largest absolute Gasteiger partial charge is 0.458 e. The number of ether oxygens (including phenoxy) is 2. The molecule has 0 radical (unpaired) electrons. The Morgan fingerprint density at radius 2 is 2.04 bits per heavy atom. The highest BCUT2D eigenvalue weighted by molar-refractivity contribution is 5.93. The maximum absolute atomic E-state index is 12.2. The molecule has 0 aromatic heterocycles. The molecule has 128 valence electrons. The standard InChI is InChI=1S/C20H24O4/c1-12-3-4-14-11-24-19(22)17(14)15-5-6-16(15)20(12,2)9-7-13-8-10-23-18(13)21/h5-6,8,12,15-16H,3-4,7,9-11H2,1-2H3/t12-,15+,16+,20+/m1/s1. The molecule has 4 heteroatoms. The molecule has 0 saturated carbocycles. The zero-order valence-electron chi connectivity index (χ0n) is 14.3. The highest BCUT2D eigenvalue weighted by atomic mass is 16.5. The summed E-state index contributed by atoms with van der Waals surface area (Å²) in [6, 6.07) is 0. The highest BCUT2D eigenvalue weighted by Crippen LogP contribution is 2.55. The molecule has 2 heterocycles. The number of rotatable bonds is 3. The van der Waals surface area contributed by atoms with Gasteiger partial charge in [0.2, 0.25) is 0 Å². The summed E-state index contributed by atoms with van der Waals surface area (Å²) < 4.78 is 10.3. The topological polar surface area (TPSA) is 52.6 Å². The van der Waals surface area contributed by atoms with Gasteiger partial charge in [-0.3, -0.25) is 0 Å². The van der Waals surface area contributed by atoms with Crippen LogP contribution in [-0.2, 0) is 19.1 Å². The molecule has 0 N–H and O–H groups in total. The van der Waals surface area contributed by atoms with Crippen molar-refractivity contribution in [1.29, 1.82) is 0 Å². The minimum absolute atomic E-state index is 0.0739. The van der Waals surface area contributed by atoms with E-state index in [9.17, 15) is 9.59 Å². The Bertz CT molecular complexity index is 684. The second kappa shape index (κ2) is 5.61. The fourth-order valence-corrected chi connectivity index (χ4v) is 4.73. The van der Waals surface area contributed by atoms with Crippen LogP contribution >= 0.6 is 0 Å². The van der Waals surface area contributed by atoms with E-state index in [4.69, 9.17) is 9.47 Å². The lowest BCUT2D eigenvalue weighted by Crippen LogP contribution is -2.43. The van der Waals surface area contributed by atoms with Crippen molar-refractivity contribution in [1.82, 2.24) is 0 Å². The van der Waals surface area contributed by atoms with Crippen LogP contribution in [0.1, 0.15) is 39.5 Å². The first-order chi connectivity index (χ1) is 11.5. The lowest BCUT2D eigenvalue weighted by molar-refractivity contribution is -0.137. The van der Waals surface area contributed by atoms with Gasteiger partial charge in [-0.15, -0.1) is 0 Å². The Labute approximate surface area is 142 Å². The molecule has 0 saturated heterocycles. The molecule has 4 nitrogen and oxygen atoms in total. The smallest absolute Gasteiger partial charge is 0.335 e. The van der Waals surface area contributed by atoms with Gasteiger partial charge in [-0.2, -0.15) is 0 Å². The third-order valence-electron chi connectivity index (χ3n) is 6.73. The van der Waals surface area contributed by atoms with Crippen molar-refractivity contribution in [3.05, 3.63) is 34.9 Å². The van der Waals surface area contributed by atoms with E-state index in [0.717, 1.165) is 36.8 Å². The minimum Gasteiger partial charge on any atom is -0.458 e. The molecule has 0 aromatic rings. The van der Waals surface area contributed by atoms with E-state index in [1.807, 2.05) is 6.08 Å². The van der Waals surface area contributed by atoms with Crippen molar-refractivity contribution in [3.8, 4) is 0 Å². The van der Waals surface area contributed by atoms with Gasteiger partial charge in [-0.1, -0.05) is 26.0 Å². The summed E-state index contributed by atoms with van der Waals surface area (Å²) in [6.45, 7) is 5.53. The Kier molecular flexibility index (Phi) is 3.66. The van der Waals surface area contributed by atoms with E-state index < -0.39 is 0 Å². The summed E-state index contributed by atoms with van der Waals surface area (Å²) in [4.78, 5) is 23.9. The second-order valence-electron chi connectivity index (χ2n) is 7.80. The van der Waals surface area contributed by atoms with Gasteiger partial charge in [0.05, 0.1) is 0 Å². The van der Waals surface area contributed by atoms with E-state index in [-0.39, 0.29) is 23.3 Å². The quantitative estimate of drug-likeness (QED) is 0.589. The van der Waals surface area contributed by atoms with Gasteiger partial charge in [0, 0.05) is 17.1 Å². The number of esters is 2. The molecule has 24 heavy (non-hydrogen) atoms. The average Bonchev–Trinajstić information content (AvgIpc) is 3.08. The summed E-state index contributed by atoms with van der Waals surface area (Å²) in [5.41, 5.74) is 3.01. The summed E-state index contributed by atoms with van der Waals surface area (Å²) in [6.07, 6.45) is 10.0. The van der Waals surface area contributed by atoms with E-state index in [1.165, 1.54) is 5.57 Å². The predicted octanol–water partition coefficient (Wildman–Crippen LogP) is 3.34. The predicted molar refractivity (Wildman–Crippen MR) is 88.9 cm³/mol. The molecule has 0 amide bonds. The molecule has 0 bridgehead atoms. The van der Waals surface area contributed by atoms with Crippen LogP contribution in [0.3, 0.4) is 0 Å². The van der Waals surface area contributed by atoms with Gasteiger partial charge in [-0.25, -0.2) is 9.59 Å². The summed E-state index contributed by atoms with van der Waals surface area (Å²) in [7, 11) is 0. The van der Waals surface area contributed by atoms with Crippen LogP contribution in [0.4, 0.5) is 0 Å². The zero-order chi connectivity index (χ0) is 16.9. The molecule has 2 aliphatic heterocycles. The lowest BCUT2D eigenvalue weighted by Gasteiger charge is -2.49. The Hall–Kier alpha value is -1.84. The van der Waals surface area contributed by atoms with Crippen LogP contribution in [0, 0.1) is 23.2 Å². The van der Waals surface area contributed by atoms with Crippen molar-refractivity contribution in [2.45, 2.75) is 39.5 Å². The molecule has 0 spiro atoms. The van der Waals surface area contributed by atoms with Gasteiger partial charge in [0.25, 0.3) is 0 Å². The van der Waals surface area contributed by atoms with Crippen molar-refractivity contribution >= 4 is 11.9 Å². The number of cyclic esters (lactones) is 2. The van der Waals surface area contributed by atoms with E-state index >= 15 is 0 Å². The monoisotopic (exact) mass is 328 g/mol. The Balaban J connectivity index is 1.60. The highest BCUT2D eigenvalue weighted by Gasteiger charge is 2.49. The maximum atomic E-state index is 12.2. The van der Waals surface area contributed by atoms with E-state index in [1.54, 1.807) is 0 Å². The molecule has 0 fully saturated rings. The van der Waals surface area contributed by atoms with Crippen molar-refractivity contribution < 1.29 is 19.1 Å². The molecular formula is C20H24O4. The second-order valence-corrected chi connectivity index (χ2v) is 7.80. The van der Waals surface area contributed by atoms with Gasteiger partial charge >= 0.3 is 11.9 Å². The van der Waals surface area contributed by atoms with Crippen molar-refractivity contribution in [2.24, 2.45) is 23.2 Å². The first-order valence-corrected chi connectivity index (χ1v) is 8.94. The van der Waals surface area contributed by atoms with Crippen molar-refractivity contribution in [3.63, 3.8) is 0 Å². The summed E-state index contributed by atoms with van der Waals surface area (Å²) in [5.74, 6) is 0.775. The number of carbonyl (C=O) groups is 2. The first-order valence-electron chi connectivity index (χ1n) is 8.94. The van der Waals surface area contributed by atoms with Crippen LogP contribution in [0.5, 0.6) is 0 Å². The molecular weight excluding hydrogens is 304 g/mol. The normalized spacial score (nSPS) is 37.8. The third-order valence-corrected chi connectivity index (χ3v) is 6.73. The van der Waals surface area contributed by atoms with Crippen molar-refractivity contribution in [2.75, 3.05) is 13.2 Å². The minimum atomic E-state index is -0.165. The molecule has 0 aromatic carbocycles. The van der Waals surface area contributed by atoms with Gasteiger partial charge in [0.15, 0.2) is 0 Å². The molecule has 4 rings (SSSR count). The molecule has 2 aliphatic carbocycles. The van der Waals surface area contributed by atoms with Crippen LogP contribution in [0.15, 0.2) is 34.9 Å². The van der Waals surface area contributed by atoms with Crippen LogP contribution in [0.25, 0.3) is 0 Å². The van der Waals surface area contributed by atoms with E-state index in [2.05, 4.69) is 26.0 Å². The third kappa shape index (κ3) is 2.27. The molecule has 4 aliphatic rings. The van der Waals surface area contributed by atoms with Crippen LogP contribution in [0.2, 0.25) is 0 Å². The number of hydrogen-bond acceptors (Lipinski definition) is 4. The summed E-state index contributed by atoms with van der Waals surface area (Å²) in [5, 5.41) is 0. The Morgan fingerprint density at radius 1 is 1.21 bits per heavy atom. The number of allylic oxidation sites excluding steroid dienone is 2. The maximum Gasteiger partial charge on any atom is 0.335 e. The Morgan fingerprint density at radius 3 is 2.71 bits per heavy atom. The average molecular weight is 328 g/mol. The fourth-order valence-electron chi connectivity index (χ4n) is 4.73. The van der Waals surface area contributed by atoms with Gasteiger partial charge in [-0.05, 0) is 54.6 Å². The van der Waals surface area contributed by atoms with Gasteiger partial charge < -0.3 is 9.47 Å². The molecule has 0 unspecified atom stereocenters. The summed E-state index contributed by atoms with van der Waals surface area (Å²) >= 11 is 0. The fraction of sp³-hybridized carbons (Fsp3) is 0.600.